The molecule has 6 heteroatoms. The van der Waals surface area contributed by atoms with E-state index in [1.54, 1.807) is 6.92 Å². The van der Waals surface area contributed by atoms with Crippen LogP contribution in [0, 0.1) is 5.82 Å². The normalized spacial score (nSPS) is 15.1. The molecule has 1 rings (SSSR count). The highest BCUT2D eigenvalue weighted by atomic mass is 19.4. The Morgan fingerprint density at radius 2 is 1.89 bits per heavy atom. The van der Waals surface area contributed by atoms with Gasteiger partial charge in [0.05, 0.1) is 5.56 Å². The van der Waals surface area contributed by atoms with Crippen molar-refractivity contribution >= 4 is 5.78 Å². The van der Waals surface area contributed by atoms with Crippen LogP contribution < -0.4 is 0 Å². The summed E-state index contributed by atoms with van der Waals surface area (Å²) < 4.78 is 55.9. The second kappa shape index (κ2) is 5.28. The number of hydrogen-bond acceptors (Lipinski definition) is 2. The molecular weight excluding hydrogens is 264 g/mol. The highest BCUT2D eigenvalue weighted by Crippen LogP contribution is 2.33. The lowest BCUT2D eigenvalue weighted by Gasteiger charge is -2.25. The third-order valence-corrected chi connectivity index (χ3v) is 3.14. The van der Waals surface area contributed by atoms with Crippen LogP contribution in [-0.2, 0) is 10.9 Å². The zero-order chi connectivity index (χ0) is 14.8. The summed E-state index contributed by atoms with van der Waals surface area (Å²) in [5, 5.41) is 0. The molecule has 19 heavy (non-hydrogen) atoms. The molecule has 0 aromatic heterocycles. The molecule has 0 radical (unpaired) electrons. The smallest absolute Gasteiger partial charge is 0.370 e. The zero-order valence-electron chi connectivity index (χ0n) is 10.8. The summed E-state index contributed by atoms with van der Waals surface area (Å²) in [5.74, 6) is -2.01. The van der Waals surface area contributed by atoms with Crippen LogP contribution in [0.25, 0.3) is 0 Å². The van der Waals surface area contributed by atoms with Gasteiger partial charge in [0.1, 0.15) is 11.4 Å². The Morgan fingerprint density at radius 3 is 2.32 bits per heavy atom. The van der Waals surface area contributed by atoms with Crippen molar-refractivity contribution < 1.29 is 27.1 Å². The second-order valence-electron chi connectivity index (χ2n) is 4.31. The van der Waals surface area contributed by atoms with Crippen molar-refractivity contribution in [2.75, 3.05) is 7.11 Å². The molecule has 2 nitrogen and oxygen atoms in total. The number of ketones is 1. The van der Waals surface area contributed by atoms with Crippen molar-refractivity contribution in [3.05, 3.63) is 35.1 Å². The van der Waals surface area contributed by atoms with Crippen molar-refractivity contribution in [1.29, 1.82) is 0 Å². The Bertz CT molecular complexity index is 476. The van der Waals surface area contributed by atoms with E-state index in [9.17, 15) is 22.4 Å². The van der Waals surface area contributed by atoms with Gasteiger partial charge >= 0.3 is 6.18 Å². The van der Waals surface area contributed by atoms with E-state index in [-0.39, 0.29) is 5.56 Å². The van der Waals surface area contributed by atoms with Crippen LogP contribution in [0.3, 0.4) is 0 Å². The fraction of sp³-hybridized carbons (Fsp3) is 0.462. The van der Waals surface area contributed by atoms with E-state index in [2.05, 4.69) is 0 Å². The Balaban J connectivity index is 3.27. The van der Waals surface area contributed by atoms with Crippen LogP contribution in [0.4, 0.5) is 17.6 Å². The van der Waals surface area contributed by atoms with Crippen LogP contribution >= 0.6 is 0 Å². The molecule has 1 aromatic rings. The Hall–Kier alpha value is -1.43. The van der Waals surface area contributed by atoms with Crippen molar-refractivity contribution in [2.24, 2.45) is 0 Å². The van der Waals surface area contributed by atoms with Gasteiger partial charge in [0.2, 0.25) is 0 Å². The summed E-state index contributed by atoms with van der Waals surface area (Å²) >= 11 is 0. The largest absolute Gasteiger partial charge is 0.419 e. The van der Waals surface area contributed by atoms with Crippen LogP contribution in [-0.4, -0.2) is 18.5 Å². The Labute approximate surface area is 108 Å². The molecule has 0 bridgehead atoms. The summed E-state index contributed by atoms with van der Waals surface area (Å²) in [6.07, 6.45) is -4.54. The molecule has 0 aliphatic rings. The Morgan fingerprint density at radius 1 is 1.32 bits per heavy atom. The maximum absolute atomic E-state index is 13.1. The molecule has 0 aliphatic heterocycles. The number of carbonyl (C=O) groups excluding carboxylic acids is 1. The number of methoxy groups -OCH3 is 1. The van der Waals surface area contributed by atoms with Crippen LogP contribution in [0.5, 0.6) is 0 Å². The fourth-order valence-electron chi connectivity index (χ4n) is 1.59. The van der Waals surface area contributed by atoms with E-state index >= 15 is 0 Å². The molecule has 0 heterocycles. The maximum Gasteiger partial charge on any atom is 0.419 e. The standard InChI is InChI=1S/C13H14F4O2/c1-4-12(2,19-3)11(18)8-5-6-10(14)9(7-8)13(15,16)17/h5-7H,4H2,1-3H3. The maximum atomic E-state index is 13.1. The minimum atomic E-state index is -4.84. The fourth-order valence-corrected chi connectivity index (χ4v) is 1.59. The van der Waals surface area contributed by atoms with E-state index in [0.29, 0.717) is 18.6 Å². The third kappa shape index (κ3) is 3.12. The first kappa shape index (κ1) is 15.6. The molecule has 1 atom stereocenters. The number of alkyl halides is 3. The average Bonchev–Trinajstić information content (AvgIpc) is 2.36. The van der Waals surface area contributed by atoms with E-state index < -0.39 is 28.9 Å². The van der Waals surface area contributed by atoms with E-state index in [4.69, 9.17) is 4.74 Å². The van der Waals surface area contributed by atoms with Gasteiger partial charge in [0.15, 0.2) is 5.78 Å². The SMILES string of the molecule is CCC(C)(OC)C(=O)c1ccc(F)c(C(F)(F)F)c1. The first-order valence-electron chi connectivity index (χ1n) is 5.62. The van der Waals surface area contributed by atoms with Crippen molar-refractivity contribution in [2.45, 2.75) is 32.0 Å². The monoisotopic (exact) mass is 278 g/mol. The molecule has 0 saturated carbocycles. The van der Waals surface area contributed by atoms with Crippen molar-refractivity contribution in [1.82, 2.24) is 0 Å². The topological polar surface area (TPSA) is 26.3 Å². The van der Waals surface area contributed by atoms with E-state index in [1.807, 2.05) is 0 Å². The third-order valence-electron chi connectivity index (χ3n) is 3.14. The first-order valence-corrected chi connectivity index (χ1v) is 5.62. The number of halogens is 4. The van der Waals surface area contributed by atoms with Gasteiger partial charge in [0.25, 0.3) is 0 Å². The van der Waals surface area contributed by atoms with Gasteiger partial charge in [-0.25, -0.2) is 4.39 Å². The zero-order valence-corrected chi connectivity index (χ0v) is 10.8. The van der Waals surface area contributed by atoms with Gasteiger partial charge in [-0.3, -0.25) is 4.79 Å². The summed E-state index contributed by atoms with van der Waals surface area (Å²) in [4.78, 5) is 12.1. The minimum absolute atomic E-state index is 0.222. The molecule has 0 N–H and O–H groups in total. The van der Waals surface area contributed by atoms with E-state index in [0.717, 1.165) is 6.07 Å². The van der Waals surface area contributed by atoms with Crippen LogP contribution in [0.1, 0.15) is 36.2 Å². The number of Topliss-reactive ketones (excluding diaryl/α,β-unsaturated/α-hetero) is 1. The molecule has 1 aromatic carbocycles. The predicted molar refractivity (Wildman–Crippen MR) is 61.4 cm³/mol. The summed E-state index contributed by atoms with van der Waals surface area (Å²) in [5.41, 5.74) is -2.89. The first-order chi connectivity index (χ1) is 8.65. The highest BCUT2D eigenvalue weighted by molar-refractivity contribution is 6.02. The van der Waals surface area contributed by atoms with Crippen LogP contribution in [0.2, 0.25) is 0 Å². The number of benzene rings is 1. The van der Waals surface area contributed by atoms with Crippen LogP contribution in [0.15, 0.2) is 18.2 Å². The molecular formula is C13H14F4O2. The number of rotatable bonds is 4. The lowest BCUT2D eigenvalue weighted by atomic mass is 9.91. The lowest BCUT2D eigenvalue weighted by molar-refractivity contribution is -0.140. The molecule has 106 valence electrons. The molecule has 0 spiro atoms. The minimum Gasteiger partial charge on any atom is -0.370 e. The average molecular weight is 278 g/mol. The summed E-state index contributed by atoms with van der Waals surface area (Å²) in [6, 6.07) is 2.19. The number of hydrogen-bond donors (Lipinski definition) is 0. The highest BCUT2D eigenvalue weighted by Gasteiger charge is 2.37. The number of carbonyl (C=O) groups is 1. The predicted octanol–water partition coefficient (Wildman–Crippen LogP) is 3.84. The van der Waals surface area contributed by atoms with Gasteiger partial charge in [-0.05, 0) is 31.5 Å². The van der Waals surface area contributed by atoms with Gasteiger partial charge < -0.3 is 4.74 Å². The van der Waals surface area contributed by atoms with Gasteiger partial charge in [-0.1, -0.05) is 6.92 Å². The Kier molecular flexibility index (Phi) is 4.35. The van der Waals surface area contributed by atoms with Crippen molar-refractivity contribution in [3.63, 3.8) is 0 Å². The molecule has 0 fully saturated rings. The lowest BCUT2D eigenvalue weighted by Crippen LogP contribution is -2.36. The van der Waals surface area contributed by atoms with E-state index in [1.165, 1.54) is 14.0 Å². The number of ether oxygens (including phenoxy) is 1. The summed E-state index contributed by atoms with van der Waals surface area (Å²) in [7, 11) is 1.30. The molecule has 0 amide bonds. The van der Waals surface area contributed by atoms with Crippen molar-refractivity contribution in [3.8, 4) is 0 Å². The van der Waals surface area contributed by atoms with Gasteiger partial charge in [-0.2, -0.15) is 13.2 Å². The molecule has 0 saturated heterocycles. The van der Waals surface area contributed by atoms with Gasteiger partial charge in [0, 0.05) is 12.7 Å². The summed E-state index contributed by atoms with van der Waals surface area (Å²) in [6.45, 7) is 3.15. The molecule has 0 aliphatic carbocycles. The molecule has 1 unspecified atom stereocenters. The quantitative estimate of drug-likeness (QED) is 0.618. The second-order valence-corrected chi connectivity index (χ2v) is 4.31. The van der Waals surface area contributed by atoms with Gasteiger partial charge in [-0.15, -0.1) is 0 Å².